The van der Waals surface area contributed by atoms with Gasteiger partial charge in [-0.05, 0) is 25.0 Å². The number of benzene rings is 1. The summed E-state index contributed by atoms with van der Waals surface area (Å²) in [4.78, 5) is 27.2. The fourth-order valence-corrected chi connectivity index (χ4v) is 2.40. The summed E-state index contributed by atoms with van der Waals surface area (Å²) in [6, 6.07) is 7.15. The highest BCUT2D eigenvalue weighted by atomic mass is 16.2. The Bertz CT molecular complexity index is 693. The maximum Gasteiger partial charge on any atom is 0.319 e. The van der Waals surface area contributed by atoms with Crippen LogP contribution in [0.2, 0.25) is 0 Å². The van der Waals surface area contributed by atoms with Crippen molar-refractivity contribution in [3.63, 3.8) is 0 Å². The maximum atomic E-state index is 12.2. The third kappa shape index (κ3) is 4.75. The predicted molar refractivity (Wildman–Crippen MR) is 97.5 cm³/mol. The molecule has 0 fully saturated rings. The molecule has 6 nitrogen and oxygen atoms in total. The third-order valence-electron chi connectivity index (χ3n) is 3.78. The van der Waals surface area contributed by atoms with E-state index >= 15 is 0 Å². The highest BCUT2D eigenvalue weighted by Crippen LogP contribution is 2.23. The predicted octanol–water partition coefficient (Wildman–Crippen LogP) is 3.62. The molecule has 1 aromatic heterocycles. The number of urea groups is 1. The van der Waals surface area contributed by atoms with Crippen molar-refractivity contribution >= 4 is 28.5 Å². The van der Waals surface area contributed by atoms with Crippen LogP contribution in [-0.2, 0) is 0 Å². The normalized spacial score (nSPS) is 10.6. The Hall–Kier alpha value is -2.50. The fourth-order valence-electron chi connectivity index (χ4n) is 2.40. The Morgan fingerprint density at radius 3 is 2.46 bits per heavy atom. The second-order valence-corrected chi connectivity index (χ2v) is 5.80. The van der Waals surface area contributed by atoms with Gasteiger partial charge in [-0.3, -0.25) is 4.79 Å². The molecule has 24 heavy (non-hydrogen) atoms. The summed E-state index contributed by atoms with van der Waals surface area (Å²) in [6.45, 7) is 5.47. The number of aromatic nitrogens is 1. The van der Waals surface area contributed by atoms with E-state index < -0.39 is 0 Å². The molecule has 130 valence electrons. The summed E-state index contributed by atoms with van der Waals surface area (Å²) in [5, 5.41) is 9.43. The van der Waals surface area contributed by atoms with Gasteiger partial charge in [-0.25, -0.2) is 4.79 Å². The van der Waals surface area contributed by atoms with Crippen molar-refractivity contribution in [3.05, 3.63) is 30.0 Å². The van der Waals surface area contributed by atoms with Crippen molar-refractivity contribution in [2.24, 2.45) is 0 Å². The molecule has 0 atom stereocenters. The molecule has 0 spiro atoms. The molecular formula is C18H26N4O2. The zero-order chi connectivity index (χ0) is 17.4. The molecule has 0 bridgehead atoms. The zero-order valence-corrected chi connectivity index (χ0v) is 14.4. The first kappa shape index (κ1) is 17.8. The molecule has 0 aliphatic carbocycles. The second kappa shape index (κ2) is 8.96. The van der Waals surface area contributed by atoms with Crippen LogP contribution in [-0.4, -0.2) is 30.0 Å². The number of carbonyl (C=O) groups is 2. The van der Waals surface area contributed by atoms with Crippen LogP contribution < -0.4 is 16.0 Å². The van der Waals surface area contributed by atoms with Crippen molar-refractivity contribution in [1.82, 2.24) is 15.6 Å². The summed E-state index contributed by atoms with van der Waals surface area (Å²) in [5.74, 6) is -0.127. The van der Waals surface area contributed by atoms with E-state index in [-0.39, 0.29) is 11.9 Å². The first-order valence-electron chi connectivity index (χ1n) is 8.60. The van der Waals surface area contributed by atoms with Crippen LogP contribution in [0.1, 0.15) is 50.0 Å². The molecule has 1 aromatic carbocycles. The summed E-state index contributed by atoms with van der Waals surface area (Å²) in [5.41, 5.74) is 1.92. The van der Waals surface area contributed by atoms with E-state index in [2.05, 4.69) is 34.8 Å². The van der Waals surface area contributed by atoms with Crippen molar-refractivity contribution in [2.75, 3.05) is 18.4 Å². The standard InChI is InChI=1S/C18H26N4O2/c1-3-5-10-19-17(23)15-12-13-8-7-9-14(16(13)21-15)22-18(24)20-11-6-4-2/h7-9,12,21H,3-6,10-11H2,1-2H3,(H,19,23)(H2,20,22,24). The number of unbranched alkanes of at least 4 members (excludes halogenated alkanes) is 2. The number of hydrogen-bond acceptors (Lipinski definition) is 2. The van der Waals surface area contributed by atoms with Gasteiger partial charge in [-0.2, -0.15) is 0 Å². The number of fused-ring (bicyclic) bond motifs is 1. The molecule has 0 saturated carbocycles. The summed E-state index contributed by atoms with van der Waals surface area (Å²) in [6.07, 6.45) is 3.97. The number of para-hydroxylation sites is 1. The lowest BCUT2D eigenvalue weighted by molar-refractivity contribution is 0.0949. The summed E-state index contributed by atoms with van der Waals surface area (Å²) in [7, 11) is 0. The van der Waals surface area contributed by atoms with E-state index in [0.29, 0.717) is 24.5 Å². The average molecular weight is 330 g/mol. The van der Waals surface area contributed by atoms with Gasteiger partial charge in [0.05, 0.1) is 11.2 Å². The van der Waals surface area contributed by atoms with E-state index in [4.69, 9.17) is 0 Å². The average Bonchev–Trinajstić information content (AvgIpc) is 3.00. The minimum Gasteiger partial charge on any atom is -0.351 e. The SMILES string of the molecule is CCCCNC(=O)Nc1cccc2cc(C(=O)NCCCC)[nH]c12. The Balaban J connectivity index is 2.09. The number of H-pyrrole nitrogens is 1. The molecule has 2 rings (SSSR count). The first-order valence-corrected chi connectivity index (χ1v) is 8.60. The van der Waals surface area contributed by atoms with Gasteiger partial charge in [-0.1, -0.05) is 38.8 Å². The van der Waals surface area contributed by atoms with Crippen LogP contribution in [0.15, 0.2) is 24.3 Å². The molecule has 0 radical (unpaired) electrons. The first-order chi connectivity index (χ1) is 11.7. The summed E-state index contributed by atoms with van der Waals surface area (Å²) >= 11 is 0. The van der Waals surface area contributed by atoms with Crippen molar-refractivity contribution in [2.45, 2.75) is 39.5 Å². The van der Waals surface area contributed by atoms with Gasteiger partial charge in [0.25, 0.3) is 5.91 Å². The van der Waals surface area contributed by atoms with Gasteiger partial charge in [0.1, 0.15) is 5.69 Å². The van der Waals surface area contributed by atoms with E-state index in [1.54, 1.807) is 6.07 Å². The Morgan fingerprint density at radius 1 is 1.04 bits per heavy atom. The van der Waals surface area contributed by atoms with Gasteiger partial charge in [-0.15, -0.1) is 0 Å². The number of amides is 3. The lowest BCUT2D eigenvalue weighted by atomic mass is 10.2. The highest BCUT2D eigenvalue weighted by molar-refractivity contribution is 6.04. The Kier molecular flexibility index (Phi) is 6.66. The van der Waals surface area contributed by atoms with Crippen LogP contribution in [0.3, 0.4) is 0 Å². The van der Waals surface area contributed by atoms with Gasteiger partial charge >= 0.3 is 6.03 Å². The molecule has 6 heteroatoms. The van der Waals surface area contributed by atoms with E-state index in [1.165, 1.54) is 0 Å². The largest absolute Gasteiger partial charge is 0.351 e. The summed E-state index contributed by atoms with van der Waals surface area (Å²) < 4.78 is 0. The minimum absolute atomic E-state index is 0.127. The number of anilines is 1. The number of carbonyl (C=O) groups excluding carboxylic acids is 2. The molecule has 0 saturated heterocycles. The van der Waals surface area contributed by atoms with Crippen molar-refractivity contribution in [1.29, 1.82) is 0 Å². The lowest BCUT2D eigenvalue weighted by Gasteiger charge is -2.08. The minimum atomic E-state index is -0.237. The van der Waals surface area contributed by atoms with Crippen molar-refractivity contribution < 1.29 is 9.59 Å². The number of rotatable bonds is 8. The lowest BCUT2D eigenvalue weighted by Crippen LogP contribution is -2.29. The zero-order valence-electron chi connectivity index (χ0n) is 14.4. The van der Waals surface area contributed by atoms with Gasteiger partial charge in [0.15, 0.2) is 0 Å². The maximum absolute atomic E-state index is 12.2. The van der Waals surface area contributed by atoms with E-state index in [9.17, 15) is 9.59 Å². The molecular weight excluding hydrogens is 304 g/mol. The number of aromatic amines is 1. The van der Waals surface area contributed by atoms with Crippen LogP contribution in [0, 0.1) is 0 Å². The van der Waals surface area contributed by atoms with Gasteiger partial charge in [0.2, 0.25) is 0 Å². The molecule has 0 aliphatic rings. The van der Waals surface area contributed by atoms with Gasteiger partial charge < -0.3 is 20.9 Å². The molecule has 4 N–H and O–H groups in total. The Labute approximate surface area is 142 Å². The Morgan fingerprint density at radius 2 is 1.75 bits per heavy atom. The molecule has 1 heterocycles. The smallest absolute Gasteiger partial charge is 0.319 e. The van der Waals surface area contributed by atoms with Crippen LogP contribution in [0.5, 0.6) is 0 Å². The van der Waals surface area contributed by atoms with Gasteiger partial charge in [0, 0.05) is 18.5 Å². The third-order valence-corrected chi connectivity index (χ3v) is 3.78. The monoisotopic (exact) mass is 330 g/mol. The van der Waals surface area contributed by atoms with Crippen LogP contribution in [0.4, 0.5) is 10.5 Å². The second-order valence-electron chi connectivity index (χ2n) is 5.80. The van der Waals surface area contributed by atoms with Crippen LogP contribution in [0.25, 0.3) is 10.9 Å². The molecule has 2 aromatic rings. The van der Waals surface area contributed by atoms with E-state index in [0.717, 1.165) is 36.6 Å². The van der Waals surface area contributed by atoms with E-state index in [1.807, 2.05) is 18.2 Å². The van der Waals surface area contributed by atoms with Crippen molar-refractivity contribution in [3.8, 4) is 0 Å². The highest BCUT2D eigenvalue weighted by Gasteiger charge is 2.12. The number of nitrogens with one attached hydrogen (secondary N) is 4. The topological polar surface area (TPSA) is 86.0 Å². The van der Waals surface area contributed by atoms with Crippen LogP contribution >= 0.6 is 0 Å². The molecule has 0 aliphatic heterocycles. The number of hydrogen-bond donors (Lipinski definition) is 4. The molecule has 3 amide bonds. The molecule has 0 unspecified atom stereocenters. The quantitative estimate of drug-likeness (QED) is 0.557. The fraction of sp³-hybridized carbons (Fsp3) is 0.444.